The van der Waals surface area contributed by atoms with Crippen LogP contribution in [-0.2, 0) is 5.11 Å². The first-order valence-corrected chi connectivity index (χ1v) is 6.00. The minimum Gasteiger partial charge on any atom is -0.287 e. The molecule has 1 aliphatic rings. The third-order valence-corrected chi connectivity index (χ3v) is 3.50. The second-order valence-electron chi connectivity index (χ2n) is 4.54. The fourth-order valence-corrected chi connectivity index (χ4v) is 2.71. The largest absolute Gasteiger partial charge is 0.348 e. The summed E-state index contributed by atoms with van der Waals surface area (Å²) in [6.45, 7) is 0. The van der Waals surface area contributed by atoms with Crippen molar-refractivity contribution in [1.29, 1.82) is 0 Å². The molecule has 0 unspecified atom stereocenters. The Hall–Kier alpha value is -1.51. The number of rotatable bonds is 1. The van der Waals surface area contributed by atoms with Gasteiger partial charge >= 0.3 is 6.01 Å². The van der Waals surface area contributed by atoms with E-state index < -0.39 is 0 Å². The summed E-state index contributed by atoms with van der Waals surface area (Å²) in [6.07, 6.45) is 6.01. The zero-order chi connectivity index (χ0) is 11.0. The van der Waals surface area contributed by atoms with E-state index in [2.05, 4.69) is 4.98 Å². The van der Waals surface area contributed by atoms with Crippen LogP contribution in [0.2, 0.25) is 0 Å². The molecular formula is C13H15N2O. The highest BCUT2D eigenvalue weighted by atomic mass is 16.3. The van der Waals surface area contributed by atoms with Crippen molar-refractivity contribution in [2.45, 2.75) is 38.1 Å². The van der Waals surface area contributed by atoms with Gasteiger partial charge < -0.3 is 0 Å². The summed E-state index contributed by atoms with van der Waals surface area (Å²) < 4.78 is 1.90. The van der Waals surface area contributed by atoms with Crippen molar-refractivity contribution >= 4 is 11.0 Å². The molecule has 1 radical (unpaired) electrons. The number of imidazole rings is 1. The molecule has 0 atom stereocenters. The number of aromatic nitrogens is 2. The molecule has 1 saturated carbocycles. The number of hydrogen-bond acceptors (Lipinski definition) is 1. The lowest BCUT2D eigenvalue weighted by Gasteiger charge is -2.23. The van der Waals surface area contributed by atoms with E-state index in [1.165, 1.54) is 19.3 Å². The van der Waals surface area contributed by atoms with E-state index in [1.807, 2.05) is 28.8 Å². The third kappa shape index (κ3) is 1.47. The van der Waals surface area contributed by atoms with Gasteiger partial charge in [-0.2, -0.15) is 4.98 Å². The monoisotopic (exact) mass is 215 g/mol. The van der Waals surface area contributed by atoms with Crippen molar-refractivity contribution in [2.24, 2.45) is 0 Å². The van der Waals surface area contributed by atoms with Crippen molar-refractivity contribution in [3.05, 3.63) is 24.3 Å². The molecule has 2 aromatic rings. The van der Waals surface area contributed by atoms with Gasteiger partial charge in [0.25, 0.3) is 0 Å². The van der Waals surface area contributed by atoms with Crippen molar-refractivity contribution in [3.63, 3.8) is 0 Å². The van der Waals surface area contributed by atoms with Gasteiger partial charge in [0.15, 0.2) is 0 Å². The van der Waals surface area contributed by atoms with Crippen LogP contribution in [0, 0.1) is 0 Å². The average Bonchev–Trinajstić information content (AvgIpc) is 2.66. The van der Waals surface area contributed by atoms with Crippen molar-refractivity contribution in [1.82, 2.24) is 9.55 Å². The number of hydrogen-bond donors (Lipinski definition) is 0. The smallest absolute Gasteiger partial charge is 0.287 e. The highest BCUT2D eigenvalue weighted by Crippen LogP contribution is 2.34. The molecule has 3 rings (SSSR count). The first-order chi connectivity index (χ1) is 7.86. The fourth-order valence-electron chi connectivity index (χ4n) is 2.71. The van der Waals surface area contributed by atoms with Gasteiger partial charge in [-0.05, 0) is 25.0 Å². The first-order valence-electron chi connectivity index (χ1n) is 6.00. The van der Waals surface area contributed by atoms with Gasteiger partial charge in [0.05, 0.1) is 11.0 Å². The first kappa shape index (κ1) is 9.70. The Morgan fingerprint density at radius 2 is 1.88 bits per heavy atom. The zero-order valence-electron chi connectivity index (χ0n) is 9.22. The van der Waals surface area contributed by atoms with Crippen molar-refractivity contribution < 1.29 is 5.11 Å². The normalized spacial score (nSPS) is 18.0. The minimum atomic E-state index is -0.0758. The van der Waals surface area contributed by atoms with Crippen LogP contribution >= 0.6 is 0 Å². The lowest BCUT2D eigenvalue weighted by molar-refractivity contribution is 0.263. The lowest BCUT2D eigenvalue weighted by Crippen LogP contribution is -2.11. The van der Waals surface area contributed by atoms with Gasteiger partial charge in [0, 0.05) is 6.04 Å². The molecule has 0 spiro atoms. The maximum absolute atomic E-state index is 11.9. The van der Waals surface area contributed by atoms with Crippen LogP contribution in [0.4, 0.5) is 0 Å². The predicted octanol–water partition coefficient (Wildman–Crippen LogP) is 3.69. The van der Waals surface area contributed by atoms with Gasteiger partial charge in [0.1, 0.15) is 0 Å². The third-order valence-electron chi connectivity index (χ3n) is 3.50. The predicted molar refractivity (Wildman–Crippen MR) is 62.0 cm³/mol. The number of benzene rings is 1. The summed E-state index contributed by atoms with van der Waals surface area (Å²) in [4.78, 5) is 4.10. The summed E-state index contributed by atoms with van der Waals surface area (Å²) in [7, 11) is 0. The van der Waals surface area contributed by atoms with Gasteiger partial charge in [-0.15, -0.1) is 0 Å². The Labute approximate surface area is 94.7 Å². The Kier molecular flexibility index (Phi) is 2.31. The molecule has 1 aromatic heterocycles. The van der Waals surface area contributed by atoms with Gasteiger partial charge in [-0.25, -0.2) is 5.11 Å². The topological polar surface area (TPSA) is 37.7 Å². The van der Waals surface area contributed by atoms with Crippen LogP contribution in [0.25, 0.3) is 11.0 Å². The molecule has 0 aliphatic heterocycles. The van der Waals surface area contributed by atoms with Gasteiger partial charge in [0.2, 0.25) is 0 Å². The zero-order valence-corrected chi connectivity index (χ0v) is 9.22. The standard InChI is InChI=1S/C13H15N2O/c16-13-14-11-8-4-5-9-12(11)15(13)10-6-2-1-3-7-10/h4-5,8-10H,1-3,6-7H2. The van der Waals surface area contributed by atoms with Gasteiger partial charge in [-0.3, -0.25) is 4.57 Å². The van der Waals surface area contributed by atoms with Crippen LogP contribution in [-0.4, -0.2) is 9.55 Å². The van der Waals surface area contributed by atoms with E-state index >= 15 is 0 Å². The minimum absolute atomic E-state index is 0.0758. The summed E-state index contributed by atoms with van der Waals surface area (Å²) in [5, 5.41) is 11.9. The molecule has 0 N–H and O–H groups in total. The SMILES string of the molecule is [O]c1nc2ccccc2n1C1CCCCC1. The van der Waals surface area contributed by atoms with E-state index in [1.54, 1.807) is 0 Å². The fraction of sp³-hybridized carbons (Fsp3) is 0.462. The van der Waals surface area contributed by atoms with E-state index in [4.69, 9.17) is 0 Å². The molecular weight excluding hydrogens is 200 g/mol. The molecule has 0 bridgehead atoms. The molecule has 1 aromatic carbocycles. The second kappa shape index (κ2) is 3.81. The van der Waals surface area contributed by atoms with Crippen molar-refractivity contribution in [3.8, 4) is 6.01 Å². The van der Waals surface area contributed by atoms with Crippen LogP contribution in [0.5, 0.6) is 6.01 Å². The molecule has 1 fully saturated rings. The Bertz CT molecular complexity index is 498. The quantitative estimate of drug-likeness (QED) is 0.714. The van der Waals surface area contributed by atoms with E-state index in [0.717, 1.165) is 23.9 Å². The Morgan fingerprint density at radius 1 is 1.12 bits per heavy atom. The van der Waals surface area contributed by atoms with Crippen LogP contribution < -0.4 is 0 Å². The maximum Gasteiger partial charge on any atom is 0.348 e. The maximum atomic E-state index is 11.9. The molecule has 3 nitrogen and oxygen atoms in total. The van der Waals surface area contributed by atoms with Crippen LogP contribution in [0.3, 0.4) is 0 Å². The lowest BCUT2D eigenvalue weighted by atomic mass is 9.95. The molecule has 1 heterocycles. The molecule has 0 saturated heterocycles. The molecule has 1 aliphatic carbocycles. The van der Waals surface area contributed by atoms with E-state index in [0.29, 0.717) is 6.04 Å². The molecule has 3 heteroatoms. The van der Waals surface area contributed by atoms with E-state index in [9.17, 15) is 5.11 Å². The molecule has 16 heavy (non-hydrogen) atoms. The highest BCUT2D eigenvalue weighted by molar-refractivity contribution is 5.76. The highest BCUT2D eigenvalue weighted by Gasteiger charge is 2.21. The summed E-state index contributed by atoms with van der Waals surface area (Å²) in [5.41, 5.74) is 1.83. The van der Waals surface area contributed by atoms with Crippen molar-refractivity contribution in [2.75, 3.05) is 0 Å². The summed E-state index contributed by atoms with van der Waals surface area (Å²) in [5.74, 6) is 0. The van der Waals surface area contributed by atoms with Crippen LogP contribution in [0.15, 0.2) is 24.3 Å². The number of para-hydroxylation sites is 2. The van der Waals surface area contributed by atoms with Gasteiger partial charge in [-0.1, -0.05) is 31.4 Å². The second-order valence-corrected chi connectivity index (χ2v) is 4.54. The average molecular weight is 215 g/mol. The summed E-state index contributed by atoms with van der Waals surface area (Å²) in [6, 6.07) is 8.11. The van der Waals surface area contributed by atoms with E-state index in [-0.39, 0.29) is 6.01 Å². The molecule has 83 valence electrons. The van der Waals surface area contributed by atoms with Crippen LogP contribution in [0.1, 0.15) is 38.1 Å². The Balaban J connectivity index is 2.10. The number of fused-ring (bicyclic) bond motifs is 1. The Morgan fingerprint density at radius 3 is 2.69 bits per heavy atom. The number of nitrogens with zero attached hydrogens (tertiary/aromatic N) is 2. The summed E-state index contributed by atoms with van der Waals surface area (Å²) >= 11 is 0. The molecule has 0 amide bonds.